The van der Waals surface area contributed by atoms with Crippen LogP contribution in [0.1, 0.15) is 29.8 Å². The molecule has 0 atom stereocenters. The molecule has 0 spiro atoms. The van der Waals surface area contributed by atoms with E-state index in [1.165, 1.54) is 0 Å². The lowest BCUT2D eigenvalue weighted by Crippen LogP contribution is -2.39. The maximum atomic E-state index is 12.1. The normalized spacial score (nSPS) is 11.2. The second kappa shape index (κ2) is 6.10. The van der Waals surface area contributed by atoms with Crippen molar-refractivity contribution in [3.8, 4) is 0 Å². The third kappa shape index (κ3) is 3.99. The number of carboxylic acid groups (broad SMARTS) is 1. The van der Waals surface area contributed by atoms with Gasteiger partial charge in [-0.25, -0.2) is 0 Å². The molecule has 19 heavy (non-hydrogen) atoms. The quantitative estimate of drug-likeness (QED) is 0.814. The van der Waals surface area contributed by atoms with Crippen LogP contribution < -0.4 is 5.32 Å². The topological polar surface area (TPSA) is 66.4 Å². The summed E-state index contributed by atoms with van der Waals surface area (Å²) in [6.07, 6.45) is 1.94. The van der Waals surface area contributed by atoms with Gasteiger partial charge in [0, 0.05) is 17.0 Å². The van der Waals surface area contributed by atoms with E-state index < -0.39 is 11.4 Å². The number of rotatable bonds is 5. The Hall–Kier alpha value is -1.49. The molecule has 1 amide bonds. The number of carbonyl (C=O) groups is 2. The van der Waals surface area contributed by atoms with E-state index in [1.807, 2.05) is 31.4 Å². The average Bonchev–Trinajstić information content (AvgIpc) is 2.36. The second-order valence-corrected chi connectivity index (χ2v) is 5.93. The predicted octanol–water partition coefficient (Wildman–Crippen LogP) is 2.56. The third-order valence-corrected chi connectivity index (χ3v) is 3.68. The Bertz CT molecular complexity index is 497. The third-order valence-electron chi connectivity index (χ3n) is 2.96. The first-order valence-electron chi connectivity index (χ1n) is 5.94. The van der Waals surface area contributed by atoms with Gasteiger partial charge in [0.1, 0.15) is 0 Å². The molecule has 1 rings (SSSR count). The summed E-state index contributed by atoms with van der Waals surface area (Å²) in [5.41, 5.74) is 0.497. The first kappa shape index (κ1) is 15.6. The van der Waals surface area contributed by atoms with Gasteiger partial charge < -0.3 is 10.4 Å². The van der Waals surface area contributed by atoms with Crippen LogP contribution in [0, 0.1) is 12.3 Å². The van der Waals surface area contributed by atoms with E-state index in [4.69, 9.17) is 5.11 Å². The summed E-state index contributed by atoms with van der Waals surface area (Å²) in [6, 6.07) is 5.67. The molecule has 0 aliphatic heterocycles. The zero-order valence-corrected chi connectivity index (χ0v) is 12.4. The number of hydrogen-bond acceptors (Lipinski definition) is 3. The molecule has 5 heteroatoms. The lowest BCUT2D eigenvalue weighted by atomic mass is 9.93. The van der Waals surface area contributed by atoms with Gasteiger partial charge in [-0.3, -0.25) is 9.59 Å². The smallest absolute Gasteiger partial charge is 0.310 e. The van der Waals surface area contributed by atoms with Crippen LogP contribution in [-0.4, -0.2) is 29.8 Å². The van der Waals surface area contributed by atoms with Gasteiger partial charge in [-0.05, 0) is 44.7 Å². The summed E-state index contributed by atoms with van der Waals surface area (Å²) in [6.45, 7) is 5.13. The van der Waals surface area contributed by atoms with Crippen molar-refractivity contribution in [1.29, 1.82) is 0 Å². The van der Waals surface area contributed by atoms with Gasteiger partial charge in [-0.1, -0.05) is 6.07 Å². The highest BCUT2D eigenvalue weighted by Crippen LogP contribution is 2.19. The van der Waals surface area contributed by atoms with E-state index in [2.05, 4.69) is 5.32 Å². The minimum Gasteiger partial charge on any atom is -0.481 e. The summed E-state index contributed by atoms with van der Waals surface area (Å²) in [5, 5.41) is 11.7. The fraction of sp³-hybridized carbons (Fsp3) is 0.429. The number of aryl methyl sites for hydroxylation is 1. The van der Waals surface area contributed by atoms with E-state index in [0.29, 0.717) is 5.56 Å². The number of thioether (sulfide) groups is 1. The maximum Gasteiger partial charge on any atom is 0.310 e. The number of nitrogens with one attached hydrogen (secondary N) is 1. The fourth-order valence-corrected chi connectivity index (χ4v) is 1.88. The van der Waals surface area contributed by atoms with Gasteiger partial charge in [-0.15, -0.1) is 11.8 Å². The van der Waals surface area contributed by atoms with Gasteiger partial charge in [-0.2, -0.15) is 0 Å². The van der Waals surface area contributed by atoms with Gasteiger partial charge >= 0.3 is 5.97 Å². The monoisotopic (exact) mass is 281 g/mol. The zero-order chi connectivity index (χ0) is 14.6. The lowest BCUT2D eigenvalue weighted by molar-refractivity contribution is -0.146. The van der Waals surface area contributed by atoms with Crippen molar-refractivity contribution in [3.63, 3.8) is 0 Å². The molecule has 0 saturated carbocycles. The first-order chi connectivity index (χ1) is 8.77. The van der Waals surface area contributed by atoms with Crippen molar-refractivity contribution in [2.75, 3.05) is 12.8 Å². The number of benzene rings is 1. The largest absolute Gasteiger partial charge is 0.481 e. The van der Waals surface area contributed by atoms with Gasteiger partial charge in [0.25, 0.3) is 5.91 Å². The highest BCUT2D eigenvalue weighted by atomic mass is 32.2. The van der Waals surface area contributed by atoms with Gasteiger partial charge in [0.2, 0.25) is 0 Å². The molecule has 1 aromatic carbocycles. The Morgan fingerprint density at radius 1 is 1.37 bits per heavy atom. The molecule has 2 N–H and O–H groups in total. The molecular formula is C14H19NO3S. The summed E-state index contributed by atoms with van der Waals surface area (Å²) in [4.78, 5) is 24.1. The van der Waals surface area contributed by atoms with Crippen molar-refractivity contribution in [2.24, 2.45) is 5.41 Å². The predicted molar refractivity (Wildman–Crippen MR) is 76.7 cm³/mol. The minimum atomic E-state index is -0.972. The van der Waals surface area contributed by atoms with E-state index in [9.17, 15) is 9.59 Å². The molecule has 1 aromatic rings. The van der Waals surface area contributed by atoms with Crippen LogP contribution in [0.3, 0.4) is 0 Å². The molecule has 0 fully saturated rings. The molecule has 0 bridgehead atoms. The fourth-order valence-electron chi connectivity index (χ4n) is 1.44. The van der Waals surface area contributed by atoms with Crippen LogP contribution in [0.5, 0.6) is 0 Å². The molecule has 0 aliphatic rings. The Morgan fingerprint density at radius 2 is 2.00 bits per heavy atom. The summed E-state index contributed by atoms with van der Waals surface area (Å²) in [5.74, 6) is -1.16. The SMILES string of the molecule is CSc1ccc(C)c(C(=O)NCC(C)(C)C(=O)O)c1. The first-order valence-corrected chi connectivity index (χ1v) is 7.16. The summed E-state index contributed by atoms with van der Waals surface area (Å²) < 4.78 is 0. The minimum absolute atomic E-state index is 0.101. The van der Waals surface area contributed by atoms with Crippen molar-refractivity contribution in [2.45, 2.75) is 25.7 Å². The van der Waals surface area contributed by atoms with Crippen LogP contribution in [0.15, 0.2) is 23.1 Å². The van der Waals surface area contributed by atoms with Crippen molar-refractivity contribution in [3.05, 3.63) is 29.3 Å². The second-order valence-electron chi connectivity index (χ2n) is 5.05. The molecule has 0 unspecified atom stereocenters. The molecule has 0 aliphatic carbocycles. The Kier molecular flexibility index (Phi) is 5.00. The summed E-state index contributed by atoms with van der Waals surface area (Å²) in [7, 11) is 0. The molecular weight excluding hydrogens is 262 g/mol. The van der Waals surface area contributed by atoms with Crippen LogP contribution in [0.4, 0.5) is 0 Å². The van der Waals surface area contributed by atoms with Crippen LogP contribution in [0.2, 0.25) is 0 Å². The molecule has 0 heterocycles. The van der Waals surface area contributed by atoms with Crippen molar-refractivity contribution < 1.29 is 14.7 Å². The van der Waals surface area contributed by atoms with Crippen LogP contribution >= 0.6 is 11.8 Å². The highest BCUT2D eigenvalue weighted by Gasteiger charge is 2.27. The molecule has 0 aromatic heterocycles. The average molecular weight is 281 g/mol. The standard InChI is InChI=1S/C14H19NO3S/c1-9-5-6-10(19-4)7-11(9)12(16)15-8-14(2,3)13(17)18/h5-7H,8H2,1-4H3,(H,15,16)(H,17,18). The Balaban J connectivity index is 2.82. The van der Waals surface area contributed by atoms with Crippen molar-refractivity contribution in [1.82, 2.24) is 5.32 Å². The molecule has 0 radical (unpaired) electrons. The van der Waals surface area contributed by atoms with E-state index >= 15 is 0 Å². The number of hydrogen-bond donors (Lipinski definition) is 2. The van der Waals surface area contributed by atoms with Gasteiger partial charge in [0.15, 0.2) is 0 Å². The van der Waals surface area contributed by atoms with Crippen molar-refractivity contribution >= 4 is 23.6 Å². The lowest BCUT2D eigenvalue weighted by Gasteiger charge is -2.19. The summed E-state index contributed by atoms with van der Waals surface area (Å²) >= 11 is 1.56. The number of aliphatic carboxylic acids is 1. The van der Waals surface area contributed by atoms with Gasteiger partial charge in [0.05, 0.1) is 5.41 Å². The van der Waals surface area contributed by atoms with Crippen LogP contribution in [0.25, 0.3) is 0 Å². The van der Waals surface area contributed by atoms with E-state index in [-0.39, 0.29) is 12.5 Å². The zero-order valence-electron chi connectivity index (χ0n) is 11.6. The van der Waals surface area contributed by atoms with E-state index in [1.54, 1.807) is 25.6 Å². The maximum absolute atomic E-state index is 12.1. The van der Waals surface area contributed by atoms with Crippen LogP contribution in [-0.2, 0) is 4.79 Å². The van der Waals surface area contributed by atoms with E-state index in [0.717, 1.165) is 10.5 Å². The number of carbonyl (C=O) groups excluding carboxylic acids is 1. The number of carboxylic acids is 1. The Morgan fingerprint density at radius 3 is 2.53 bits per heavy atom. The number of amides is 1. The molecule has 0 saturated heterocycles. The Labute approximate surface area is 117 Å². The molecule has 104 valence electrons. The molecule has 4 nitrogen and oxygen atoms in total. The highest BCUT2D eigenvalue weighted by molar-refractivity contribution is 7.98.